The molecular weight excluding hydrogens is 298 g/mol. The molecule has 0 N–H and O–H groups in total. The number of halogens is 2. The van der Waals surface area contributed by atoms with Gasteiger partial charge in [0.05, 0.1) is 10.7 Å². The molecule has 0 spiro atoms. The van der Waals surface area contributed by atoms with Crippen LogP contribution in [0.5, 0.6) is 0 Å². The van der Waals surface area contributed by atoms with Gasteiger partial charge >= 0.3 is 0 Å². The molecule has 1 nitrogen and oxygen atoms in total. The second-order valence-corrected chi connectivity index (χ2v) is 5.68. The summed E-state index contributed by atoms with van der Waals surface area (Å²) in [5, 5.41) is 1.74. The van der Waals surface area contributed by atoms with Crippen molar-refractivity contribution in [3.8, 4) is 0 Å². The van der Waals surface area contributed by atoms with E-state index in [9.17, 15) is 0 Å². The summed E-state index contributed by atoms with van der Waals surface area (Å²) in [6, 6.07) is 6.17. The van der Waals surface area contributed by atoms with Gasteiger partial charge in [-0.05, 0) is 37.3 Å². The van der Waals surface area contributed by atoms with Crippen LogP contribution < -0.4 is 4.90 Å². The topological polar surface area (TPSA) is 3.24 Å². The van der Waals surface area contributed by atoms with E-state index in [0.29, 0.717) is 0 Å². The first-order valence-electron chi connectivity index (χ1n) is 6.34. The van der Waals surface area contributed by atoms with Crippen molar-refractivity contribution in [3.05, 3.63) is 28.8 Å². The monoisotopic (exact) mass is 315 g/mol. The maximum atomic E-state index is 6.36. The van der Waals surface area contributed by atoms with Crippen LogP contribution in [0.3, 0.4) is 0 Å². The predicted octanol–water partition coefficient (Wildman–Crippen LogP) is 4.86. The summed E-state index contributed by atoms with van der Waals surface area (Å²) in [6.45, 7) is 4.39. The van der Waals surface area contributed by atoms with E-state index in [0.717, 1.165) is 29.4 Å². The first-order valence-corrected chi connectivity index (χ1v) is 7.84. The quantitative estimate of drug-likeness (QED) is 0.701. The molecule has 17 heavy (non-hydrogen) atoms. The summed E-state index contributed by atoms with van der Waals surface area (Å²) in [4.78, 5) is 2.43. The minimum absolute atomic E-state index is 0.865. The van der Waals surface area contributed by atoms with Crippen LogP contribution in [0.2, 0.25) is 5.02 Å². The standard InChI is InChI=1S/C14H19BrClN/c1-2-17(10-11-5-3-6-11)14-12(9-15)7-4-8-13(14)16/h4,7-8,11H,2-3,5-6,9-10H2,1H3. The highest BCUT2D eigenvalue weighted by molar-refractivity contribution is 9.08. The van der Waals surface area contributed by atoms with Gasteiger partial charge in [-0.25, -0.2) is 0 Å². The Bertz CT molecular complexity index is 376. The first kappa shape index (κ1) is 13.2. The SMILES string of the molecule is CCN(CC1CCC1)c1c(Cl)cccc1CBr. The smallest absolute Gasteiger partial charge is 0.0642 e. The molecule has 94 valence electrons. The van der Waals surface area contributed by atoms with Crippen molar-refractivity contribution < 1.29 is 0 Å². The maximum absolute atomic E-state index is 6.36. The van der Waals surface area contributed by atoms with E-state index in [-0.39, 0.29) is 0 Å². The molecule has 1 aliphatic rings. The van der Waals surface area contributed by atoms with Crippen molar-refractivity contribution in [2.75, 3.05) is 18.0 Å². The summed E-state index contributed by atoms with van der Waals surface area (Å²) < 4.78 is 0. The van der Waals surface area contributed by atoms with E-state index in [1.165, 1.54) is 30.5 Å². The van der Waals surface area contributed by atoms with Gasteiger partial charge in [0.15, 0.2) is 0 Å². The zero-order valence-electron chi connectivity index (χ0n) is 10.3. The van der Waals surface area contributed by atoms with Crippen molar-refractivity contribution in [1.82, 2.24) is 0 Å². The van der Waals surface area contributed by atoms with Crippen LogP contribution in [0.1, 0.15) is 31.7 Å². The zero-order chi connectivity index (χ0) is 12.3. The average Bonchev–Trinajstić information content (AvgIpc) is 2.29. The fraction of sp³-hybridized carbons (Fsp3) is 0.571. The van der Waals surface area contributed by atoms with Gasteiger partial charge in [0, 0.05) is 18.4 Å². The Labute approximate surface area is 117 Å². The van der Waals surface area contributed by atoms with E-state index >= 15 is 0 Å². The number of hydrogen-bond donors (Lipinski definition) is 0. The molecule has 0 radical (unpaired) electrons. The van der Waals surface area contributed by atoms with Crippen LogP contribution in [0.4, 0.5) is 5.69 Å². The molecule has 0 saturated heterocycles. The Morgan fingerprint density at radius 1 is 1.41 bits per heavy atom. The Morgan fingerprint density at radius 2 is 2.18 bits per heavy atom. The van der Waals surface area contributed by atoms with Crippen molar-refractivity contribution in [2.45, 2.75) is 31.5 Å². The molecule has 2 rings (SSSR count). The van der Waals surface area contributed by atoms with Crippen LogP contribution in [0, 0.1) is 5.92 Å². The average molecular weight is 317 g/mol. The molecule has 0 aliphatic heterocycles. The van der Waals surface area contributed by atoms with Crippen molar-refractivity contribution >= 4 is 33.2 Å². The lowest BCUT2D eigenvalue weighted by Gasteiger charge is -2.34. The van der Waals surface area contributed by atoms with Gasteiger partial charge in [-0.3, -0.25) is 0 Å². The van der Waals surface area contributed by atoms with Crippen molar-refractivity contribution in [1.29, 1.82) is 0 Å². The fourth-order valence-corrected chi connectivity index (χ4v) is 3.15. The Hall–Kier alpha value is -0.210. The molecule has 0 aromatic heterocycles. The van der Waals surface area contributed by atoms with E-state index in [1.54, 1.807) is 0 Å². The molecule has 1 aromatic carbocycles. The van der Waals surface area contributed by atoms with Gasteiger partial charge in [-0.15, -0.1) is 0 Å². The van der Waals surface area contributed by atoms with Crippen LogP contribution in [-0.2, 0) is 5.33 Å². The third-order valence-corrected chi connectivity index (χ3v) is 4.52. The van der Waals surface area contributed by atoms with E-state index < -0.39 is 0 Å². The molecular formula is C14H19BrClN. The van der Waals surface area contributed by atoms with E-state index in [4.69, 9.17) is 11.6 Å². The Kier molecular flexibility index (Phi) is 4.75. The minimum Gasteiger partial charge on any atom is -0.370 e. The number of hydrogen-bond acceptors (Lipinski definition) is 1. The predicted molar refractivity (Wildman–Crippen MR) is 79.3 cm³/mol. The second-order valence-electron chi connectivity index (χ2n) is 4.72. The van der Waals surface area contributed by atoms with Crippen LogP contribution in [0.25, 0.3) is 0 Å². The zero-order valence-corrected chi connectivity index (χ0v) is 12.6. The Morgan fingerprint density at radius 3 is 2.71 bits per heavy atom. The van der Waals surface area contributed by atoms with Crippen molar-refractivity contribution in [3.63, 3.8) is 0 Å². The third kappa shape index (κ3) is 2.97. The second kappa shape index (κ2) is 6.10. The van der Waals surface area contributed by atoms with Crippen LogP contribution >= 0.6 is 27.5 Å². The highest BCUT2D eigenvalue weighted by atomic mass is 79.9. The molecule has 0 bridgehead atoms. The Balaban J connectivity index is 2.21. The lowest BCUT2D eigenvalue weighted by atomic mass is 9.85. The molecule has 0 amide bonds. The van der Waals surface area contributed by atoms with Gasteiger partial charge in [-0.2, -0.15) is 0 Å². The molecule has 1 aromatic rings. The largest absolute Gasteiger partial charge is 0.370 e. The fourth-order valence-electron chi connectivity index (χ4n) is 2.39. The molecule has 1 saturated carbocycles. The van der Waals surface area contributed by atoms with Gasteiger partial charge in [0.2, 0.25) is 0 Å². The summed E-state index contributed by atoms with van der Waals surface area (Å²) in [6.07, 6.45) is 4.16. The number of anilines is 1. The minimum atomic E-state index is 0.865. The molecule has 1 aliphatic carbocycles. The van der Waals surface area contributed by atoms with E-state index in [2.05, 4.69) is 33.8 Å². The molecule has 0 unspecified atom stereocenters. The maximum Gasteiger partial charge on any atom is 0.0642 e. The van der Waals surface area contributed by atoms with Crippen LogP contribution in [0.15, 0.2) is 18.2 Å². The first-order chi connectivity index (χ1) is 8.26. The number of alkyl halides is 1. The van der Waals surface area contributed by atoms with Gasteiger partial charge in [0.25, 0.3) is 0 Å². The van der Waals surface area contributed by atoms with Gasteiger partial charge < -0.3 is 4.90 Å². The summed E-state index contributed by atoms with van der Waals surface area (Å²) >= 11 is 9.92. The molecule has 0 heterocycles. The highest BCUT2D eigenvalue weighted by Gasteiger charge is 2.22. The third-order valence-electron chi connectivity index (χ3n) is 3.62. The number of rotatable bonds is 5. The van der Waals surface area contributed by atoms with E-state index in [1.807, 2.05) is 12.1 Å². The van der Waals surface area contributed by atoms with Crippen LogP contribution in [-0.4, -0.2) is 13.1 Å². The number of nitrogens with zero attached hydrogens (tertiary/aromatic N) is 1. The molecule has 0 atom stereocenters. The summed E-state index contributed by atoms with van der Waals surface area (Å²) in [5.74, 6) is 0.870. The lowest BCUT2D eigenvalue weighted by molar-refractivity contribution is 0.318. The van der Waals surface area contributed by atoms with Gasteiger partial charge in [-0.1, -0.05) is 46.1 Å². The summed E-state index contributed by atoms with van der Waals surface area (Å²) in [5.41, 5.74) is 2.51. The highest BCUT2D eigenvalue weighted by Crippen LogP contribution is 2.34. The lowest BCUT2D eigenvalue weighted by Crippen LogP contribution is -2.33. The van der Waals surface area contributed by atoms with Crippen molar-refractivity contribution in [2.24, 2.45) is 5.92 Å². The number of benzene rings is 1. The summed E-state index contributed by atoms with van der Waals surface area (Å²) in [7, 11) is 0. The molecule has 3 heteroatoms. The van der Waals surface area contributed by atoms with Gasteiger partial charge in [0.1, 0.15) is 0 Å². The molecule has 1 fully saturated rings. The normalized spacial score (nSPS) is 15.7. The number of para-hydroxylation sites is 1.